The average Bonchev–Trinajstić information content (AvgIpc) is 2.89. The summed E-state index contributed by atoms with van der Waals surface area (Å²) in [6.07, 6.45) is 1.10. The smallest absolute Gasteiger partial charge is 0.316 e. The summed E-state index contributed by atoms with van der Waals surface area (Å²) in [6, 6.07) is 14.8. The molecule has 0 aromatic heterocycles. The van der Waals surface area contributed by atoms with Gasteiger partial charge in [0.05, 0.1) is 6.54 Å². The van der Waals surface area contributed by atoms with E-state index in [2.05, 4.69) is 72.7 Å². The number of amidine groups is 1. The molecule has 1 atom stereocenters. The Morgan fingerprint density at radius 1 is 1.08 bits per heavy atom. The molecule has 0 aliphatic carbocycles. The van der Waals surface area contributed by atoms with Crippen molar-refractivity contribution in [1.82, 2.24) is 0 Å². The van der Waals surface area contributed by atoms with E-state index in [0.29, 0.717) is 6.54 Å². The number of β-amino-alcohol motifs (C(OH)–C–C–N with tert-alkyl or cyclic N) is 1. The molecule has 0 fully saturated rings. The van der Waals surface area contributed by atoms with Gasteiger partial charge in [-0.2, -0.15) is 0 Å². The number of aliphatic hydroxyl groups is 1. The fourth-order valence-corrected chi connectivity index (χ4v) is 5.22. The lowest BCUT2D eigenvalue weighted by atomic mass is 9.95. The van der Waals surface area contributed by atoms with Gasteiger partial charge in [-0.3, -0.25) is 0 Å². The molecule has 26 heavy (non-hydrogen) atoms. The van der Waals surface area contributed by atoms with Crippen LogP contribution >= 0.6 is 11.8 Å². The molecule has 2 aromatic carbocycles. The number of para-hydroxylation sites is 1. The molecular weight excluding hydrogens is 408 g/mol. The van der Waals surface area contributed by atoms with Gasteiger partial charge in [-0.25, -0.2) is 9.48 Å². The molecule has 0 saturated carbocycles. The maximum absolute atomic E-state index is 11.8. The Balaban J connectivity index is 0.00000196. The van der Waals surface area contributed by atoms with E-state index in [1.54, 1.807) is 0 Å². The van der Waals surface area contributed by atoms with Crippen molar-refractivity contribution in [2.24, 2.45) is 0 Å². The number of halogens is 1. The van der Waals surface area contributed by atoms with Crippen LogP contribution in [0.5, 0.6) is 0 Å². The zero-order chi connectivity index (χ0) is 17.6. The summed E-state index contributed by atoms with van der Waals surface area (Å²) in [7, 11) is 0. The Morgan fingerprint density at radius 3 is 2.58 bits per heavy atom. The number of nitrogens with zero attached hydrogens (tertiary/aromatic N) is 2. The lowest BCUT2D eigenvalue weighted by Gasteiger charge is -2.26. The number of hydrogen-bond acceptors (Lipinski definition) is 3. The van der Waals surface area contributed by atoms with E-state index in [4.69, 9.17) is 0 Å². The molecule has 138 valence electrons. The van der Waals surface area contributed by atoms with Crippen LogP contribution < -0.4 is 21.9 Å². The van der Waals surface area contributed by atoms with Gasteiger partial charge in [-0.1, -0.05) is 42.0 Å². The summed E-state index contributed by atoms with van der Waals surface area (Å²) in [5.41, 5.74) is 4.88. The maximum atomic E-state index is 11.8. The predicted molar refractivity (Wildman–Crippen MR) is 106 cm³/mol. The minimum absolute atomic E-state index is 0. The molecule has 2 aliphatic rings. The van der Waals surface area contributed by atoms with E-state index in [1.165, 1.54) is 22.0 Å². The van der Waals surface area contributed by atoms with Gasteiger partial charge < -0.3 is 22.1 Å². The molecule has 0 bridgehead atoms. The summed E-state index contributed by atoms with van der Waals surface area (Å²) >= 11 is 1.86. The minimum atomic E-state index is -0.969. The molecule has 1 unspecified atom stereocenters. The highest BCUT2D eigenvalue weighted by Gasteiger charge is 2.53. The Bertz CT molecular complexity index is 867. The fourth-order valence-electron chi connectivity index (χ4n) is 4.05. The lowest BCUT2D eigenvalue weighted by Crippen LogP contribution is -3.00. The van der Waals surface area contributed by atoms with Crippen molar-refractivity contribution < 1.29 is 26.7 Å². The summed E-state index contributed by atoms with van der Waals surface area (Å²) in [5.74, 6) is 1.11. The predicted octanol–water partition coefficient (Wildman–Crippen LogP) is 0.787. The van der Waals surface area contributed by atoms with Crippen molar-refractivity contribution in [3.8, 4) is 0 Å². The van der Waals surface area contributed by atoms with Crippen LogP contribution in [0.1, 0.15) is 28.7 Å². The van der Waals surface area contributed by atoms with Gasteiger partial charge in [0, 0.05) is 11.3 Å². The second kappa shape index (κ2) is 7.37. The van der Waals surface area contributed by atoms with Crippen LogP contribution in [0.4, 0.5) is 5.69 Å². The van der Waals surface area contributed by atoms with Gasteiger partial charge in [-0.15, -0.1) is 0 Å². The minimum Gasteiger partial charge on any atom is -1.00 e. The summed E-state index contributed by atoms with van der Waals surface area (Å²) in [6.45, 7) is 7.82. The first-order valence-electron chi connectivity index (χ1n) is 8.91. The molecule has 2 aliphatic heterocycles. The van der Waals surface area contributed by atoms with Gasteiger partial charge in [0.25, 0.3) is 5.72 Å². The average molecular weight is 433 g/mol. The van der Waals surface area contributed by atoms with Crippen LogP contribution in [0.3, 0.4) is 0 Å². The fraction of sp³-hybridized carbons (Fsp3) is 0.381. The second-order valence-electron chi connectivity index (χ2n) is 7.14. The van der Waals surface area contributed by atoms with E-state index in [-0.39, 0.29) is 17.0 Å². The van der Waals surface area contributed by atoms with Gasteiger partial charge in [0.15, 0.2) is 6.54 Å². The number of anilines is 1. The first-order valence-corrected chi connectivity index (χ1v) is 9.90. The van der Waals surface area contributed by atoms with Crippen LogP contribution in [-0.4, -0.2) is 33.7 Å². The first-order chi connectivity index (χ1) is 12.0. The van der Waals surface area contributed by atoms with Crippen molar-refractivity contribution in [3.05, 3.63) is 64.7 Å². The Kier molecular flexibility index (Phi) is 5.52. The van der Waals surface area contributed by atoms with Gasteiger partial charge in [-0.05, 0) is 56.1 Å². The number of rotatable bonds is 2. The molecule has 0 radical (unpaired) electrons. The van der Waals surface area contributed by atoms with Crippen LogP contribution in [0, 0.1) is 20.8 Å². The Morgan fingerprint density at radius 2 is 1.85 bits per heavy atom. The normalized spacial score (nSPS) is 22.2. The molecule has 4 rings (SSSR count). The van der Waals surface area contributed by atoms with E-state index in [9.17, 15) is 5.11 Å². The van der Waals surface area contributed by atoms with Crippen LogP contribution in [0.15, 0.2) is 42.5 Å². The van der Waals surface area contributed by atoms with E-state index < -0.39 is 5.72 Å². The highest BCUT2D eigenvalue weighted by atomic mass is 79.9. The molecule has 5 heteroatoms. The van der Waals surface area contributed by atoms with E-state index >= 15 is 0 Å². The van der Waals surface area contributed by atoms with Crippen molar-refractivity contribution in [1.29, 1.82) is 0 Å². The summed E-state index contributed by atoms with van der Waals surface area (Å²) in [5, 5.41) is 13.0. The number of thioether (sulfide) groups is 1. The third-order valence-corrected chi connectivity index (χ3v) is 6.46. The molecule has 2 heterocycles. The third kappa shape index (κ3) is 3.10. The van der Waals surface area contributed by atoms with Gasteiger partial charge >= 0.3 is 5.17 Å². The molecule has 1 N–H and O–H groups in total. The molecular formula is C21H25BrN2OS. The van der Waals surface area contributed by atoms with Crippen molar-refractivity contribution in [2.45, 2.75) is 32.9 Å². The number of benzene rings is 2. The lowest BCUT2D eigenvalue weighted by molar-refractivity contribution is -0.656. The summed E-state index contributed by atoms with van der Waals surface area (Å²) < 4.78 is 2.21. The zero-order valence-corrected chi connectivity index (χ0v) is 17.9. The standard InChI is InChI=1S/C21H25N2OS.BrH/c1-15-9-10-18(17(3)13-15)21(24)14-22(19-8-5-4-7-16(19)2)20-23(21)11-6-12-25-20;/h4-5,7-10,13,24H,6,11-12,14H2,1-3H3;1H/q+1;/p-1. The van der Waals surface area contributed by atoms with Crippen molar-refractivity contribution in [3.63, 3.8) is 0 Å². The highest BCUT2D eigenvalue weighted by molar-refractivity contribution is 8.13. The molecule has 0 saturated heterocycles. The van der Waals surface area contributed by atoms with Crippen LogP contribution in [0.25, 0.3) is 0 Å². The van der Waals surface area contributed by atoms with Crippen LogP contribution in [-0.2, 0) is 5.72 Å². The van der Waals surface area contributed by atoms with Crippen molar-refractivity contribution >= 4 is 22.6 Å². The first kappa shape index (κ1) is 19.5. The van der Waals surface area contributed by atoms with Gasteiger partial charge in [0.1, 0.15) is 5.69 Å². The highest BCUT2D eigenvalue weighted by Crippen LogP contribution is 2.39. The monoisotopic (exact) mass is 432 g/mol. The van der Waals surface area contributed by atoms with E-state index in [1.807, 2.05) is 11.8 Å². The van der Waals surface area contributed by atoms with E-state index in [0.717, 1.165) is 29.8 Å². The molecule has 0 amide bonds. The number of hydrogen-bond donors (Lipinski definition) is 1. The third-order valence-electron chi connectivity index (χ3n) is 5.26. The number of aryl methyl sites for hydroxylation is 3. The Labute approximate surface area is 170 Å². The largest absolute Gasteiger partial charge is 1.00 e. The quantitative estimate of drug-likeness (QED) is 0.710. The molecule has 3 nitrogen and oxygen atoms in total. The topological polar surface area (TPSA) is 26.5 Å². The Hall–Kier alpha value is -1.30. The maximum Gasteiger partial charge on any atom is 0.316 e. The van der Waals surface area contributed by atoms with Crippen LogP contribution in [0.2, 0.25) is 0 Å². The van der Waals surface area contributed by atoms with Crippen molar-refractivity contribution in [2.75, 3.05) is 23.7 Å². The van der Waals surface area contributed by atoms with Gasteiger partial charge in [0.2, 0.25) is 0 Å². The zero-order valence-electron chi connectivity index (χ0n) is 15.5. The summed E-state index contributed by atoms with van der Waals surface area (Å²) in [4.78, 5) is 2.30. The SMILES string of the molecule is Cc1ccc(C2(O)CN(c3ccccc3C)C3=[N+]2CCCS3)c(C)c1.[Br-]. The second-order valence-corrected chi connectivity index (χ2v) is 8.21. The molecule has 2 aromatic rings. The molecule has 0 spiro atoms.